The molecule has 5 saturated carbocycles. The first-order chi connectivity index (χ1) is 10.8. The van der Waals surface area contributed by atoms with E-state index in [0.717, 1.165) is 72.0 Å². The molecular weight excluding hydrogens is 268 g/mol. The lowest BCUT2D eigenvalue weighted by atomic mass is 9.77. The lowest BCUT2D eigenvalue weighted by molar-refractivity contribution is 0.225. The Bertz CT molecular complexity index is 598. The molecule has 2 heteroatoms. The molecule has 6 aliphatic rings. The zero-order valence-electron chi connectivity index (χ0n) is 12.8. The van der Waals surface area contributed by atoms with Gasteiger partial charge in [-0.1, -0.05) is 12.2 Å². The summed E-state index contributed by atoms with van der Waals surface area (Å²) in [4.78, 5) is 0. The Kier molecular flexibility index (Phi) is 2.10. The quantitative estimate of drug-likeness (QED) is 0.729. The van der Waals surface area contributed by atoms with Crippen molar-refractivity contribution in [3.63, 3.8) is 0 Å². The van der Waals surface area contributed by atoms with E-state index in [4.69, 9.17) is 0 Å². The minimum atomic E-state index is 0.674. The van der Waals surface area contributed by atoms with Gasteiger partial charge >= 0.3 is 0 Å². The molecule has 0 saturated heterocycles. The zero-order valence-corrected chi connectivity index (χ0v) is 12.8. The van der Waals surface area contributed by atoms with Crippen molar-refractivity contribution in [3.8, 4) is 12.1 Å². The summed E-state index contributed by atoms with van der Waals surface area (Å²) in [5.41, 5.74) is 0. The van der Waals surface area contributed by atoms with Crippen LogP contribution < -0.4 is 0 Å². The third-order valence-electron chi connectivity index (χ3n) is 9.04. The van der Waals surface area contributed by atoms with E-state index in [0.29, 0.717) is 11.8 Å². The van der Waals surface area contributed by atoms with Crippen LogP contribution in [0.15, 0.2) is 12.2 Å². The number of fused-ring (bicyclic) bond motifs is 3. The molecule has 0 aromatic carbocycles. The highest BCUT2D eigenvalue weighted by Gasteiger charge is 2.76. The number of rotatable bonds is 2. The van der Waals surface area contributed by atoms with Crippen LogP contribution in [-0.2, 0) is 0 Å². The average Bonchev–Trinajstić information content (AvgIpc) is 3.21. The molecule has 0 N–H and O–H groups in total. The second-order valence-corrected chi connectivity index (χ2v) is 9.05. The first-order valence-corrected chi connectivity index (χ1v) is 9.27. The van der Waals surface area contributed by atoms with Gasteiger partial charge in [-0.05, 0) is 83.9 Å². The Morgan fingerprint density at radius 2 is 1.18 bits per heavy atom. The number of allylic oxidation sites excluding steroid dienone is 2. The topological polar surface area (TPSA) is 47.6 Å². The molecule has 0 bridgehead atoms. The van der Waals surface area contributed by atoms with Gasteiger partial charge in [0.25, 0.3) is 0 Å². The van der Waals surface area contributed by atoms with Gasteiger partial charge in [0.1, 0.15) is 0 Å². The van der Waals surface area contributed by atoms with Crippen LogP contribution in [0.25, 0.3) is 0 Å². The normalized spacial score (nSPS) is 64.1. The summed E-state index contributed by atoms with van der Waals surface area (Å²) in [6, 6.07) is 4.98. The summed E-state index contributed by atoms with van der Waals surface area (Å²) in [5.74, 6) is 10.2. The standard InChI is InChI=1S/C20H22N2/c21-5-3-9-7-13-14-8-10(4-6-22)16-12-2-1-11-15(9)18(13)20(17(11)12)19(14)16/h1-2,9-20H,3-4,7-8H2/t9-,10+,11-,12-,13-,14+,15+,16-,17?,18+,19-,20?/m0/s1. The molecule has 0 amide bonds. The summed E-state index contributed by atoms with van der Waals surface area (Å²) in [6.45, 7) is 0. The van der Waals surface area contributed by atoms with Crippen LogP contribution in [0, 0.1) is 93.7 Å². The molecule has 0 radical (unpaired) electrons. The monoisotopic (exact) mass is 290 g/mol. The van der Waals surface area contributed by atoms with Crippen molar-refractivity contribution in [3.05, 3.63) is 12.2 Å². The fourth-order valence-corrected chi connectivity index (χ4v) is 9.17. The zero-order chi connectivity index (χ0) is 14.6. The summed E-state index contributed by atoms with van der Waals surface area (Å²) in [5, 5.41) is 18.5. The van der Waals surface area contributed by atoms with Crippen LogP contribution in [0.1, 0.15) is 25.7 Å². The lowest BCUT2D eigenvalue weighted by Crippen LogP contribution is -2.23. The van der Waals surface area contributed by atoms with Crippen LogP contribution >= 0.6 is 0 Å². The van der Waals surface area contributed by atoms with Crippen molar-refractivity contribution in [1.82, 2.24) is 0 Å². The summed E-state index contributed by atoms with van der Waals surface area (Å²) in [7, 11) is 0. The first-order valence-electron chi connectivity index (χ1n) is 9.27. The van der Waals surface area contributed by atoms with E-state index in [1.807, 2.05) is 0 Å². The molecule has 6 aliphatic carbocycles. The van der Waals surface area contributed by atoms with Crippen molar-refractivity contribution < 1.29 is 0 Å². The van der Waals surface area contributed by atoms with Crippen LogP contribution in [0.3, 0.4) is 0 Å². The van der Waals surface area contributed by atoms with E-state index in [2.05, 4.69) is 24.3 Å². The smallest absolute Gasteiger partial charge is 0.0624 e. The molecule has 2 unspecified atom stereocenters. The van der Waals surface area contributed by atoms with Gasteiger partial charge in [0.05, 0.1) is 12.1 Å². The largest absolute Gasteiger partial charge is 0.198 e. The van der Waals surface area contributed by atoms with Gasteiger partial charge < -0.3 is 0 Å². The van der Waals surface area contributed by atoms with E-state index in [1.54, 1.807) is 0 Å². The fraction of sp³-hybridized carbons (Fsp3) is 0.800. The van der Waals surface area contributed by atoms with Crippen molar-refractivity contribution in [2.75, 3.05) is 0 Å². The van der Waals surface area contributed by atoms with Gasteiger partial charge in [-0.25, -0.2) is 0 Å². The molecule has 2 nitrogen and oxygen atoms in total. The minimum Gasteiger partial charge on any atom is -0.198 e. The maximum Gasteiger partial charge on any atom is 0.0624 e. The maximum absolute atomic E-state index is 9.26. The van der Waals surface area contributed by atoms with E-state index in [-0.39, 0.29) is 0 Å². The molecule has 0 heterocycles. The van der Waals surface area contributed by atoms with Gasteiger partial charge in [0, 0.05) is 12.8 Å². The fourth-order valence-electron chi connectivity index (χ4n) is 9.17. The average molecular weight is 290 g/mol. The van der Waals surface area contributed by atoms with Crippen molar-refractivity contribution in [2.24, 2.45) is 71.0 Å². The second-order valence-electron chi connectivity index (χ2n) is 9.05. The van der Waals surface area contributed by atoms with Crippen LogP contribution in [0.4, 0.5) is 0 Å². The molecule has 0 aromatic rings. The molecule has 0 spiro atoms. The van der Waals surface area contributed by atoms with Crippen molar-refractivity contribution in [2.45, 2.75) is 25.7 Å². The van der Waals surface area contributed by atoms with E-state index in [1.165, 1.54) is 12.8 Å². The molecular formula is C20H22N2. The number of nitrogens with zero attached hydrogens (tertiary/aromatic N) is 2. The Hall–Kier alpha value is -1.28. The molecule has 0 aliphatic heterocycles. The SMILES string of the molecule is N#CC[C@@H]1C[C@@H]2[C@@H]3C[C@H](CC#N)[C@H]4[C@@H]3C3C5[C@@H](C=C[C@H]54)[C@H]1[C@@H]32. The summed E-state index contributed by atoms with van der Waals surface area (Å²) >= 11 is 0. The van der Waals surface area contributed by atoms with Gasteiger partial charge in [-0.3, -0.25) is 0 Å². The van der Waals surface area contributed by atoms with Gasteiger partial charge in [0.2, 0.25) is 0 Å². The van der Waals surface area contributed by atoms with E-state index < -0.39 is 0 Å². The van der Waals surface area contributed by atoms with E-state index in [9.17, 15) is 10.5 Å². The highest BCUT2D eigenvalue weighted by atomic mass is 14.8. The molecule has 5 fully saturated rings. The predicted molar refractivity (Wildman–Crippen MR) is 80.7 cm³/mol. The molecule has 12 atom stereocenters. The van der Waals surface area contributed by atoms with Crippen molar-refractivity contribution >= 4 is 0 Å². The van der Waals surface area contributed by atoms with Gasteiger partial charge in [0.15, 0.2) is 0 Å². The predicted octanol–water partition coefficient (Wildman–Crippen LogP) is 3.63. The molecule has 112 valence electrons. The van der Waals surface area contributed by atoms with Gasteiger partial charge in [-0.15, -0.1) is 0 Å². The van der Waals surface area contributed by atoms with Crippen LogP contribution in [0.5, 0.6) is 0 Å². The Labute approximate surface area is 132 Å². The third-order valence-corrected chi connectivity index (χ3v) is 9.04. The van der Waals surface area contributed by atoms with Gasteiger partial charge in [-0.2, -0.15) is 10.5 Å². The third kappa shape index (κ3) is 1.08. The van der Waals surface area contributed by atoms with E-state index >= 15 is 0 Å². The molecule has 0 aromatic heterocycles. The lowest BCUT2D eigenvalue weighted by Gasteiger charge is -2.27. The number of nitriles is 2. The molecule has 22 heavy (non-hydrogen) atoms. The number of hydrogen-bond donors (Lipinski definition) is 0. The Morgan fingerprint density at radius 3 is 1.64 bits per heavy atom. The minimum absolute atomic E-state index is 0.674. The summed E-state index contributed by atoms with van der Waals surface area (Å²) < 4.78 is 0. The Balaban J connectivity index is 1.47. The summed E-state index contributed by atoms with van der Waals surface area (Å²) in [6.07, 6.45) is 9.34. The van der Waals surface area contributed by atoms with Crippen molar-refractivity contribution in [1.29, 1.82) is 10.5 Å². The van der Waals surface area contributed by atoms with Crippen LogP contribution in [-0.4, -0.2) is 0 Å². The maximum atomic E-state index is 9.26. The molecule has 6 rings (SSSR count). The highest BCUT2D eigenvalue weighted by molar-refractivity contribution is 5.31. The second kappa shape index (κ2) is 3.79. The Morgan fingerprint density at radius 1 is 0.682 bits per heavy atom. The highest BCUT2D eigenvalue weighted by Crippen LogP contribution is 2.80. The van der Waals surface area contributed by atoms with Crippen LogP contribution in [0.2, 0.25) is 0 Å². The first kappa shape index (κ1) is 12.2. The number of hydrogen-bond acceptors (Lipinski definition) is 2.